The molecule has 2 rings (SSSR count). The minimum atomic E-state index is -0.197. The minimum absolute atomic E-state index is 0.197. The number of aryl methyl sites for hydroxylation is 1. The van der Waals surface area contributed by atoms with E-state index in [0.717, 1.165) is 17.9 Å². The number of nitrogens with two attached hydrogens (primary N) is 1. The van der Waals surface area contributed by atoms with Gasteiger partial charge < -0.3 is 14.8 Å². The van der Waals surface area contributed by atoms with Crippen molar-refractivity contribution >= 4 is 11.8 Å². The van der Waals surface area contributed by atoms with Crippen LogP contribution in [0.15, 0.2) is 17.0 Å². The van der Waals surface area contributed by atoms with E-state index in [1.165, 1.54) is 0 Å². The minimum Gasteiger partial charge on any atom is -0.337 e. The van der Waals surface area contributed by atoms with Crippen LogP contribution in [-0.2, 0) is 7.05 Å². The lowest BCUT2D eigenvalue weighted by molar-refractivity contribution is 0.353. The molecule has 7 heteroatoms. The molecule has 0 aromatic carbocycles. The molecule has 92 valence electrons. The molecule has 0 radical (unpaired) electrons. The average Bonchev–Trinajstić information content (AvgIpc) is 2.93. The van der Waals surface area contributed by atoms with Gasteiger partial charge in [-0.15, -0.1) is 0 Å². The smallest absolute Gasteiger partial charge is 0.243 e. The Bertz CT molecular complexity index is 481. The van der Waals surface area contributed by atoms with Gasteiger partial charge in [0.1, 0.15) is 5.69 Å². The third-order valence-corrected chi connectivity index (χ3v) is 3.08. The molecule has 2 aromatic heterocycles. The van der Waals surface area contributed by atoms with Crippen molar-refractivity contribution in [1.29, 1.82) is 0 Å². The first-order chi connectivity index (χ1) is 8.22. The lowest BCUT2D eigenvalue weighted by Gasteiger charge is -2.03. The predicted molar refractivity (Wildman–Crippen MR) is 66.4 cm³/mol. The molecular weight excluding hydrogens is 238 g/mol. The highest BCUT2D eigenvalue weighted by molar-refractivity contribution is 7.98. The Morgan fingerprint density at radius 3 is 3.06 bits per heavy atom. The maximum Gasteiger partial charge on any atom is 0.243 e. The summed E-state index contributed by atoms with van der Waals surface area (Å²) in [6, 6.07) is -0.197. The zero-order chi connectivity index (χ0) is 12.3. The molecule has 1 atom stereocenters. The van der Waals surface area contributed by atoms with E-state index in [-0.39, 0.29) is 6.04 Å². The molecule has 17 heavy (non-hydrogen) atoms. The number of aromatic nitrogens is 4. The second kappa shape index (κ2) is 5.33. The highest BCUT2D eigenvalue weighted by Crippen LogP contribution is 2.19. The molecule has 2 aromatic rings. The third kappa shape index (κ3) is 2.67. The van der Waals surface area contributed by atoms with Crippen molar-refractivity contribution in [2.24, 2.45) is 12.8 Å². The Labute approximate surface area is 104 Å². The molecule has 2 heterocycles. The molecule has 0 amide bonds. The summed E-state index contributed by atoms with van der Waals surface area (Å²) in [5, 5.41) is 3.91. The van der Waals surface area contributed by atoms with E-state index in [1.807, 2.05) is 17.9 Å². The van der Waals surface area contributed by atoms with E-state index < -0.39 is 0 Å². The van der Waals surface area contributed by atoms with Crippen LogP contribution < -0.4 is 5.73 Å². The average molecular weight is 253 g/mol. The maximum atomic E-state index is 5.95. The SMILES string of the molecule is CSCC[C@@H](N)c1nc(-c2cncn2C)no1. The van der Waals surface area contributed by atoms with Gasteiger partial charge in [0.15, 0.2) is 0 Å². The lowest BCUT2D eigenvalue weighted by Crippen LogP contribution is -2.11. The van der Waals surface area contributed by atoms with Gasteiger partial charge in [0.25, 0.3) is 0 Å². The standard InChI is InChI=1S/C10H15N5OS/c1-15-6-12-5-8(15)9-13-10(16-14-9)7(11)3-4-17-2/h5-7H,3-4,11H2,1-2H3/t7-/m1/s1. The van der Waals surface area contributed by atoms with Crippen molar-refractivity contribution in [3.05, 3.63) is 18.4 Å². The number of rotatable bonds is 5. The monoisotopic (exact) mass is 253 g/mol. The van der Waals surface area contributed by atoms with Crippen molar-refractivity contribution in [2.75, 3.05) is 12.0 Å². The Kier molecular flexibility index (Phi) is 3.80. The largest absolute Gasteiger partial charge is 0.337 e. The number of thioether (sulfide) groups is 1. The highest BCUT2D eigenvalue weighted by atomic mass is 32.2. The van der Waals surface area contributed by atoms with E-state index in [1.54, 1.807) is 24.3 Å². The van der Waals surface area contributed by atoms with Gasteiger partial charge >= 0.3 is 0 Å². The van der Waals surface area contributed by atoms with Crippen LogP contribution in [0, 0.1) is 0 Å². The second-order valence-electron chi connectivity index (χ2n) is 3.73. The molecule has 0 aliphatic carbocycles. The topological polar surface area (TPSA) is 82.8 Å². The van der Waals surface area contributed by atoms with Gasteiger partial charge in [0.05, 0.1) is 18.6 Å². The van der Waals surface area contributed by atoms with Crippen molar-refractivity contribution in [3.8, 4) is 11.5 Å². The Balaban J connectivity index is 2.13. The van der Waals surface area contributed by atoms with Crippen molar-refractivity contribution in [2.45, 2.75) is 12.5 Å². The summed E-state index contributed by atoms with van der Waals surface area (Å²) < 4.78 is 7.00. The summed E-state index contributed by atoms with van der Waals surface area (Å²) in [5.41, 5.74) is 6.77. The molecule has 0 aliphatic heterocycles. The molecular formula is C10H15N5OS. The van der Waals surface area contributed by atoms with Gasteiger partial charge in [0, 0.05) is 7.05 Å². The number of nitrogens with zero attached hydrogens (tertiary/aromatic N) is 4. The third-order valence-electron chi connectivity index (χ3n) is 2.44. The molecule has 0 fully saturated rings. The first kappa shape index (κ1) is 12.1. The van der Waals surface area contributed by atoms with E-state index in [0.29, 0.717) is 11.7 Å². The highest BCUT2D eigenvalue weighted by Gasteiger charge is 2.16. The number of hydrogen-bond acceptors (Lipinski definition) is 6. The quantitative estimate of drug-likeness (QED) is 0.862. The molecule has 0 unspecified atom stereocenters. The summed E-state index contributed by atoms with van der Waals surface area (Å²) in [4.78, 5) is 8.30. The van der Waals surface area contributed by atoms with Crippen LogP contribution in [-0.4, -0.2) is 31.7 Å². The van der Waals surface area contributed by atoms with Gasteiger partial charge in [0.2, 0.25) is 11.7 Å². The molecule has 0 spiro atoms. The second-order valence-corrected chi connectivity index (χ2v) is 4.72. The van der Waals surface area contributed by atoms with Gasteiger partial charge in [-0.3, -0.25) is 0 Å². The molecule has 0 aliphatic rings. The Morgan fingerprint density at radius 1 is 1.59 bits per heavy atom. The first-order valence-corrected chi connectivity index (χ1v) is 6.66. The van der Waals surface area contributed by atoms with Gasteiger partial charge in [-0.1, -0.05) is 5.16 Å². The van der Waals surface area contributed by atoms with Crippen LogP contribution in [0.25, 0.3) is 11.5 Å². The van der Waals surface area contributed by atoms with Gasteiger partial charge in [-0.2, -0.15) is 16.7 Å². The van der Waals surface area contributed by atoms with E-state index in [4.69, 9.17) is 10.3 Å². The lowest BCUT2D eigenvalue weighted by atomic mass is 10.2. The molecule has 6 nitrogen and oxygen atoms in total. The van der Waals surface area contributed by atoms with Gasteiger partial charge in [-0.05, 0) is 18.4 Å². The van der Waals surface area contributed by atoms with Crippen LogP contribution in [0.1, 0.15) is 18.4 Å². The fourth-order valence-electron chi connectivity index (χ4n) is 1.43. The van der Waals surface area contributed by atoms with Crippen molar-refractivity contribution < 1.29 is 4.52 Å². The first-order valence-electron chi connectivity index (χ1n) is 5.27. The summed E-state index contributed by atoms with van der Waals surface area (Å²) in [5.74, 6) is 1.99. The molecule has 0 saturated heterocycles. The number of imidazole rings is 1. The molecule has 0 saturated carbocycles. The fourth-order valence-corrected chi connectivity index (χ4v) is 1.92. The summed E-state index contributed by atoms with van der Waals surface area (Å²) >= 11 is 1.75. The number of hydrogen-bond donors (Lipinski definition) is 1. The zero-order valence-electron chi connectivity index (χ0n) is 9.83. The van der Waals surface area contributed by atoms with Crippen LogP contribution >= 0.6 is 11.8 Å². The zero-order valence-corrected chi connectivity index (χ0v) is 10.6. The van der Waals surface area contributed by atoms with Gasteiger partial charge in [-0.25, -0.2) is 4.98 Å². The van der Waals surface area contributed by atoms with Crippen molar-refractivity contribution in [3.63, 3.8) is 0 Å². The van der Waals surface area contributed by atoms with Crippen LogP contribution in [0.3, 0.4) is 0 Å². The van der Waals surface area contributed by atoms with E-state index in [2.05, 4.69) is 15.1 Å². The summed E-state index contributed by atoms with van der Waals surface area (Å²) in [7, 11) is 1.88. The van der Waals surface area contributed by atoms with Crippen LogP contribution in [0.5, 0.6) is 0 Å². The normalized spacial score (nSPS) is 12.9. The summed E-state index contributed by atoms with van der Waals surface area (Å²) in [6.45, 7) is 0. The van der Waals surface area contributed by atoms with E-state index >= 15 is 0 Å². The summed E-state index contributed by atoms with van der Waals surface area (Å²) in [6.07, 6.45) is 6.26. The Hall–Kier alpha value is -1.34. The van der Waals surface area contributed by atoms with Crippen LogP contribution in [0.4, 0.5) is 0 Å². The Morgan fingerprint density at radius 2 is 2.41 bits per heavy atom. The molecule has 0 bridgehead atoms. The van der Waals surface area contributed by atoms with Crippen molar-refractivity contribution in [1.82, 2.24) is 19.7 Å². The maximum absolute atomic E-state index is 5.95. The van der Waals surface area contributed by atoms with Crippen LogP contribution in [0.2, 0.25) is 0 Å². The fraction of sp³-hybridized carbons (Fsp3) is 0.500. The van der Waals surface area contributed by atoms with E-state index in [9.17, 15) is 0 Å². The predicted octanol–water partition coefficient (Wildman–Crippen LogP) is 1.22. The molecule has 2 N–H and O–H groups in total.